The van der Waals surface area contributed by atoms with Crippen LogP contribution >= 0.6 is 11.3 Å². The summed E-state index contributed by atoms with van der Waals surface area (Å²) in [4.78, 5) is 17.6. The molecule has 136 valence electrons. The van der Waals surface area contributed by atoms with Crippen molar-refractivity contribution in [1.29, 1.82) is 0 Å². The number of carbonyl (C=O) groups is 1. The van der Waals surface area contributed by atoms with Crippen LogP contribution in [-0.4, -0.2) is 38.4 Å². The molecule has 3 aromatic rings. The Balaban J connectivity index is 2.08. The lowest BCUT2D eigenvalue weighted by Gasteiger charge is -2.05. The van der Waals surface area contributed by atoms with Crippen LogP contribution in [0.4, 0.5) is 0 Å². The Morgan fingerprint density at radius 1 is 1.08 bits per heavy atom. The van der Waals surface area contributed by atoms with Gasteiger partial charge in [0.25, 0.3) is 5.91 Å². The van der Waals surface area contributed by atoms with Gasteiger partial charge < -0.3 is 18.8 Å². The normalized spacial score (nSPS) is 11.7. The molecular formula is C19H20N2O4S. The molecule has 26 heavy (non-hydrogen) atoms. The van der Waals surface area contributed by atoms with Crippen molar-refractivity contribution in [2.24, 2.45) is 4.99 Å². The molecule has 0 N–H and O–H groups in total. The van der Waals surface area contributed by atoms with Crippen molar-refractivity contribution in [3.63, 3.8) is 0 Å². The molecule has 2 aromatic carbocycles. The summed E-state index contributed by atoms with van der Waals surface area (Å²) >= 11 is 1.45. The van der Waals surface area contributed by atoms with E-state index in [9.17, 15) is 4.79 Å². The van der Waals surface area contributed by atoms with Crippen molar-refractivity contribution < 1.29 is 19.0 Å². The van der Waals surface area contributed by atoms with Gasteiger partial charge in [-0.25, -0.2) is 0 Å². The number of amides is 1. The average Bonchev–Trinajstić information content (AvgIpc) is 3.02. The number of methoxy groups -OCH3 is 3. The average molecular weight is 372 g/mol. The Bertz CT molecular complexity index is 991. The van der Waals surface area contributed by atoms with E-state index in [2.05, 4.69) is 4.99 Å². The largest absolute Gasteiger partial charge is 0.497 e. The monoisotopic (exact) mass is 372 g/mol. The Labute approximate surface area is 155 Å². The lowest BCUT2D eigenvalue weighted by atomic mass is 10.2. The highest BCUT2D eigenvalue weighted by molar-refractivity contribution is 7.16. The zero-order chi connectivity index (χ0) is 18.5. The van der Waals surface area contributed by atoms with E-state index < -0.39 is 0 Å². The minimum absolute atomic E-state index is 0.311. The molecule has 1 amide bonds. The molecule has 0 aliphatic carbocycles. The number of hydrogen-bond donors (Lipinski definition) is 0. The van der Waals surface area contributed by atoms with Crippen molar-refractivity contribution in [3.05, 3.63) is 52.8 Å². The van der Waals surface area contributed by atoms with Gasteiger partial charge in [-0.1, -0.05) is 17.4 Å². The second-order valence-corrected chi connectivity index (χ2v) is 6.52. The Kier molecular flexibility index (Phi) is 5.70. The van der Waals surface area contributed by atoms with Crippen LogP contribution in [0, 0.1) is 0 Å². The molecule has 0 aliphatic rings. The van der Waals surface area contributed by atoms with Gasteiger partial charge in [0, 0.05) is 19.2 Å². The maximum absolute atomic E-state index is 12.6. The van der Waals surface area contributed by atoms with Crippen LogP contribution in [-0.2, 0) is 11.3 Å². The molecule has 7 heteroatoms. The van der Waals surface area contributed by atoms with Crippen molar-refractivity contribution >= 4 is 27.5 Å². The SMILES string of the molecule is COCCn1c(=NC(=O)c2cccc(OC)c2)sc2cc(OC)ccc21. The zero-order valence-corrected chi connectivity index (χ0v) is 15.7. The van der Waals surface area contributed by atoms with Crippen LogP contribution in [0.2, 0.25) is 0 Å². The van der Waals surface area contributed by atoms with Crippen molar-refractivity contribution in [2.45, 2.75) is 6.54 Å². The Hall–Kier alpha value is -2.64. The van der Waals surface area contributed by atoms with E-state index in [4.69, 9.17) is 14.2 Å². The number of thiazole rings is 1. The first-order chi connectivity index (χ1) is 12.7. The molecule has 3 rings (SSSR count). The maximum atomic E-state index is 12.6. The smallest absolute Gasteiger partial charge is 0.279 e. The molecule has 1 aromatic heterocycles. The minimum Gasteiger partial charge on any atom is -0.497 e. The highest BCUT2D eigenvalue weighted by Crippen LogP contribution is 2.23. The summed E-state index contributed by atoms with van der Waals surface area (Å²) in [6.45, 7) is 1.13. The lowest BCUT2D eigenvalue weighted by Crippen LogP contribution is -2.19. The Morgan fingerprint density at radius 2 is 1.85 bits per heavy atom. The fourth-order valence-corrected chi connectivity index (χ4v) is 3.65. The van der Waals surface area contributed by atoms with Crippen LogP contribution in [0.15, 0.2) is 47.5 Å². The fourth-order valence-electron chi connectivity index (χ4n) is 2.57. The summed E-state index contributed by atoms with van der Waals surface area (Å²) < 4.78 is 18.7. The van der Waals surface area contributed by atoms with E-state index in [-0.39, 0.29) is 5.91 Å². The van der Waals surface area contributed by atoms with Gasteiger partial charge in [0.1, 0.15) is 11.5 Å². The summed E-state index contributed by atoms with van der Waals surface area (Å²) in [5.74, 6) is 1.08. The molecule has 0 fully saturated rings. The van der Waals surface area contributed by atoms with E-state index >= 15 is 0 Å². The number of aromatic nitrogens is 1. The lowest BCUT2D eigenvalue weighted by molar-refractivity contribution is 0.0997. The number of ether oxygens (including phenoxy) is 3. The molecule has 1 heterocycles. The van der Waals surface area contributed by atoms with E-state index in [0.29, 0.717) is 29.3 Å². The third kappa shape index (κ3) is 3.79. The van der Waals surface area contributed by atoms with Crippen molar-refractivity contribution in [3.8, 4) is 11.5 Å². The zero-order valence-electron chi connectivity index (χ0n) is 14.9. The third-order valence-corrected chi connectivity index (χ3v) is 4.96. The third-order valence-electron chi connectivity index (χ3n) is 3.92. The molecular weight excluding hydrogens is 352 g/mol. The predicted octanol–water partition coefficient (Wildman–Crippen LogP) is 3.11. The molecule has 0 saturated carbocycles. The number of rotatable bonds is 6. The van der Waals surface area contributed by atoms with Crippen molar-refractivity contribution in [2.75, 3.05) is 27.9 Å². The van der Waals surface area contributed by atoms with Gasteiger partial charge in [-0.05, 0) is 36.4 Å². The molecule has 6 nitrogen and oxygen atoms in total. The quantitative estimate of drug-likeness (QED) is 0.667. The predicted molar refractivity (Wildman–Crippen MR) is 101 cm³/mol. The molecule has 0 bridgehead atoms. The highest BCUT2D eigenvalue weighted by Gasteiger charge is 2.11. The van der Waals surface area contributed by atoms with Gasteiger partial charge in [-0.3, -0.25) is 4.79 Å². The number of nitrogens with zero attached hydrogens (tertiary/aromatic N) is 2. The van der Waals surface area contributed by atoms with Crippen LogP contribution < -0.4 is 14.3 Å². The van der Waals surface area contributed by atoms with E-state index in [1.807, 2.05) is 22.8 Å². The number of benzene rings is 2. The van der Waals surface area contributed by atoms with Gasteiger partial charge in [0.15, 0.2) is 4.80 Å². The molecule has 0 unspecified atom stereocenters. The number of fused-ring (bicyclic) bond motifs is 1. The first kappa shape index (κ1) is 18.2. The molecule has 0 atom stereocenters. The van der Waals surface area contributed by atoms with Crippen LogP contribution in [0.1, 0.15) is 10.4 Å². The molecule has 0 radical (unpaired) electrons. The molecule has 0 spiro atoms. The molecule has 0 aliphatic heterocycles. The molecule has 0 saturated heterocycles. The second-order valence-electron chi connectivity index (χ2n) is 5.51. The van der Waals surface area contributed by atoms with E-state index in [0.717, 1.165) is 16.0 Å². The van der Waals surface area contributed by atoms with E-state index in [1.54, 1.807) is 45.6 Å². The summed E-state index contributed by atoms with van der Waals surface area (Å²) in [5.41, 5.74) is 1.47. The summed E-state index contributed by atoms with van der Waals surface area (Å²) in [5, 5.41) is 0. The highest BCUT2D eigenvalue weighted by atomic mass is 32.1. The fraction of sp³-hybridized carbons (Fsp3) is 0.263. The minimum atomic E-state index is -0.311. The maximum Gasteiger partial charge on any atom is 0.279 e. The standard InChI is InChI=1S/C19H20N2O4S/c1-23-10-9-21-16-8-7-15(25-3)12-17(16)26-19(21)20-18(22)13-5-4-6-14(11-13)24-2/h4-8,11-12H,9-10H2,1-3H3. The summed E-state index contributed by atoms with van der Waals surface area (Å²) in [6, 6.07) is 12.8. The van der Waals surface area contributed by atoms with E-state index in [1.165, 1.54) is 11.3 Å². The number of carbonyl (C=O) groups excluding carboxylic acids is 1. The van der Waals surface area contributed by atoms with Gasteiger partial charge in [-0.15, -0.1) is 0 Å². The second kappa shape index (κ2) is 8.16. The van der Waals surface area contributed by atoms with Crippen LogP contribution in [0.25, 0.3) is 10.2 Å². The summed E-state index contributed by atoms with van der Waals surface area (Å²) in [7, 11) is 4.85. The van der Waals surface area contributed by atoms with Gasteiger partial charge in [0.05, 0.1) is 31.0 Å². The topological polar surface area (TPSA) is 62.1 Å². The van der Waals surface area contributed by atoms with Gasteiger partial charge >= 0.3 is 0 Å². The van der Waals surface area contributed by atoms with Gasteiger partial charge in [0.2, 0.25) is 0 Å². The Morgan fingerprint density at radius 3 is 2.58 bits per heavy atom. The van der Waals surface area contributed by atoms with Crippen LogP contribution in [0.3, 0.4) is 0 Å². The van der Waals surface area contributed by atoms with Crippen LogP contribution in [0.5, 0.6) is 11.5 Å². The first-order valence-corrected chi connectivity index (χ1v) is 8.87. The first-order valence-electron chi connectivity index (χ1n) is 8.05. The number of hydrogen-bond acceptors (Lipinski definition) is 5. The van der Waals surface area contributed by atoms with Gasteiger partial charge in [-0.2, -0.15) is 4.99 Å². The summed E-state index contributed by atoms with van der Waals surface area (Å²) in [6.07, 6.45) is 0. The van der Waals surface area contributed by atoms with Crippen molar-refractivity contribution in [1.82, 2.24) is 4.57 Å².